The molecular formula is C25H20N3O3. The molecule has 1 fully saturated rings. The maximum absolute atomic E-state index is 13.2. The van der Waals surface area contributed by atoms with E-state index in [1.165, 1.54) is 0 Å². The molecular weight excluding hydrogens is 390 g/mol. The fraction of sp³-hybridized carbons (Fsp3) is 0.160. The van der Waals surface area contributed by atoms with Crippen molar-refractivity contribution in [2.75, 3.05) is 26.3 Å². The van der Waals surface area contributed by atoms with Gasteiger partial charge in [0.25, 0.3) is 5.91 Å². The predicted molar refractivity (Wildman–Crippen MR) is 118 cm³/mol. The largest absolute Gasteiger partial charge is 0.378 e. The lowest BCUT2D eigenvalue weighted by Gasteiger charge is -2.27. The number of fused-ring (bicyclic) bond motifs is 1. The molecule has 6 nitrogen and oxygen atoms in total. The van der Waals surface area contributed by atoms with Crippen LogP contribution < -0.4 is 5.43 Å². The summed E-state index contributed by atoms with van der Waals surface area (Å²) in [6.45, 7) is 1.89. The number of benzene rings is 2. The highest BCUT2D eigenvalue weighted by Crippen LogP contribution is 2.24. The lowest BCUT2D eigenvalue weighted by Crippen LogP contribution is -2.42. The third kappa shape index (κ3) is 3.62. The van der Waals surface area contributed by atoms with Crippen LogP contribution in [0, 0.1) is 6.07 Å². The molecule has 5 rings (SSSR count). The van der Waals surface area contributed by atoms with E-state index >= 15 is 0 Å². The van der Waals surface area contributed by atoms with Crippen LogP contribution in [0.3, 0.4) is 0 Å². The van der Waals surface area contributed by atoms with Gasteiger partial charge < -0.3 is 14.2 Å². The number of amides is 1. The van der Waals surface area contributed by atoms with Gasteiger partial charge in [-0.15, -0.1) is 0 Å². The SMILES string of the molecule is O=C(c1cn(-c2cccc(-c3cc[c]cc3)c2)c2cccnc2c1=O)N1CCOCC1. The van der Waals surface area contributed by atoms with Crippen LogP contribution in [0.15, 0.2) is 77.9 Å². The molecule has 4 aromatic rings. The Kier molecular flexibility index (Phi) is 5.06. The molecule has 3 heterocycles. The second-order valence-electron chi connectivity index (χ2n) is 7.36. The minimum atomic E-state index is -0.349. The Balaban J connectivity index is 1.68. The monoisotopic (exact) mass is 410 g/mol. The molecule has 0 bridgehead atoms. The van der Waals surface area contributed by atoms with Gasteiger partial charge in [-0.25, -0.2) is 0 Å². The summed E-state index contributed by atoms with van der Waals surface area (Å²) in [5.74, 6) is -0.288. The summed E-state index contributed by atoms with van der Waals surface area (Å²) < 4.78 is 7.21. The quantitative estimate of drug-likeness (QED) is 0.520. The molecule has 31 heavy (non-hydrogen) atoms. The minimum absolute atomic E-state index is 0.118. The molecule has 0 atom stereocenters. The first-order valence-corrected chi connectivity index (χ1v) is 10.2. The Morgan fingerprint density at radius 3 is 2.61 bits per heavy atom. The number of hydrogen-bond acceptors (Lipinski definition) is 4. The summed E-state index contributed by atoms with van der Waals surface area (Å²) >= 11 is 0. The molecule has 1 saturated heterocycles. The molecule has 0 N–H and O–H groups in total. The third-order valence-corrected chi connectivity index (χ3v) is 5.47. The highest BCUT2D eigenvalue weighted by Gasteiger charge is 2.23. The summed E-state index contributed by atoms with van der Waals surface area (Å²) in [4.78, 5) is 32.3. The number of morpholine rings is 1. The van der Waals surface area contributed by atoms with Crippen molar-refractivity contribution in [3.63, 3.8) is 0 Å². The number of ether oxygens (including phenoxy) is 1. The second kappa shape index (κ2) is 8.16. The molecule has 1 aliphatic heterocycles. The number of nitrogens with zero attached hydrogens (tertiary/aromatic N) is 3. The van der Waals surface area contributed by atoms with Gasteiger partial charge in [0.15, 0.2) is 0 Å². The molecule has 0 unspecified atom stereocenters. The van der Waals surface area contributed by atoms with Crippen LogP contribution >= 0.6 is 0 Å². The first-order valence-electron chi connectivity index (χ1n) is 10.2. The fourth-order valence-corrected chi connectivity index (χ4v) is 3.87. The van der Waals surface area contributed by atoms with Crippen LogP contribution in [-0.4, -0.2) is 46.7 Å². The molecule has 2 aromatic heterocycles. The van der Waals surface area contributed by atoms with Crippen LogP contribution in [0.25, 0.3) is 27.8 Å². The number of aromatic nitrogens is 2. The number of carbonyl (C=O) groups excluding carboxylic acids is 1. The van der Waals surface area contributed by atoms with E-state index in [1.807, 2.05) is 59.2 Å². The van der Waals surface area contributed by atoms with Gasteiger partial charge in [0.1, 0.15) is 11.1 Å². The van der Waals surface area contributed by atoms with Crippen molar-refractivity contribution in [1.82, 2.24) is 14.5 Å². The van der Waals surface area contributed by atoms with Crippen molar-refractivity contribution in [1.29, 1.82) is 0 Å². The van der Waals surface area contributed by atoms with Crippen molar-refractivity contribution < 1.29 is 9.53 Å². The van der Waals surface area contributed by atoms with Gasteiger partial charge in [-0.2, -0.15) is 0 Å². The maximum atomic E-state index is 13.2. The van der Waals surface area contributed by atoms with Gasteiger partial charge in [0.2, 0.25) is 5.43 Å². The number of rotatable bonds is 3. The maximum Gasteiger partial charge on any atom is 0.259 e. The summed E-state index contributed by atoms with van der Waals surface area (Å²) in [5, 5.41) is 0. The van der Waals surface area contributed by atoms with Crippen molar-refractivity contribution in [2.24, 2.45) is 0 Å². The van der Waals surface area contributed by atoms with Crippen LogP contribution in [0.5, 0.6) is 0 Å². The van der Waals surface area contributed by atoms with Crippen molar-refractivity contribution in [2.45, 2.75) is 0 Å². The van der Waals surface area contributed by atoms with E-state index in [9.17, 15) is 9.59 Å². The van der Waals surface area contributed by atoms with Crippen molar-refractivity contribution in [3.8, 4) is 16.8 Å². The predicted octanol–water partition coefficient (Wildman–Crippen LogP) is 3.33. The van der Waals surface area contributed by atoms with E-state index < -0.39 is 0 Å². The Bertz CT molecular complexity index is 1310. The lowest BCUT2D eigenvalue weighted by atomic mass is 10.0. The molecule has 0 saturated carbocycles. The van der Waals surface area contributed by atoms with E-state index in [1.54, 1.807) is 23.4 Å². The number of pyridine rings is 2. The van der Waals surface area contributed by atoms with E-state index in [-0.39, 0.29) is 22.4 Å². The molecule has 6 heteroatoms. The zero-order valence-corrected chi connectivity index (χ0v) is 16.8. The van der Waals surface area contributed by atoms with E-state index in [0.29, 0.717) is 31.8 Å². The number of carbonyl (C=O) groups is 1. The van der Waals surface area contributed by atoms with Gasteiger partial charge in [-0.1, -0.05) is 36.4 Å². The van der Waals surface area contributed by atoms with Gasteiger partial charge >= 0.3 is 0 Å². The molecule has 153 valence electrons. The van der Waals surface area contributed by atoms with Gasteiger partial charge in [-0.3, -0.25) is 14.6 Å². The Morgan fingerprint density at radius 2 is 1.81 bits per heavy atom. The first kappa shape index (κ1) is 19.2. The zero-order chi connectivity index (χ0) is 21.2. The minimum Gasteiger partial charge on any atom is -0.378 e. The summed E-state index contributed by atoms with van der Waals surface area (Å²) in [5.41, 5.74) is 3.65. The van der Waals surface area contributed by atoms with Crippen LogP contribution in [0.1, 0.15) is 10.4 Å². The smallest absolute Gasteiger partial charge is 0.259 e. The van der Waals surface area contributed by atoms with Gasteiger partial charge in [0, 0.05) is 31.2 Å². The molecule has 2 aromatic carbocycles. The molecule has 0 spiro atoms. The Morgan fingerprint density at radius 1 is 1.00 bits per heavy atom. The molecule has 1 amide bonds. The molecule has 1 aliphatic rings. The average Bonchev–Trinajstić information content (AvgIpc) is 2.85. The number of hydrogen-bond donors (Lipinski definition) is 0. The second-order valence-corrected chi connectivity index (χ2v) is 7.36. The van der Waals surface area contributed by atoms with E-state index in [2.05, 4.69) is 11.1 Å². The van der Waals surface area contributed by atoms with Crippen LogP contribution in [0.2, 0.25) is 0 Å². The van der Waals surface area contributed by atoms with Gasteiger partial charge in [0.05, 0.1) is 18.7 Å². The summed E-state index contributed by atoms with van der Waals surface area (Å²) in [6.07, 6.45) is 3.22. The normalized spacial score (nSPS) is 14.0. The van der Waals surface area contributed by atoms with Crippen LogP contribution in [0.4, 0.5) is 0 Å². The van der Waals surface area contributed by atoms with Crippen molar-refractivity contribution in [3.05, 3.63) is 94.9 Å². The lowest BCUT2D eigenvalue weighted by molar-refractivity contribution is 0.0302. The standard InChI is InChI=1S/C25H20N3O3/c29-24-21(25(30)27-12-14-31-15-13-27)17-28(22-10-5-11-26-23(22)24)20-9-4-8-19(16-20)18-6-2-1-3-7-18/h2-11,16-17H,12-15H2. The fourth-order valence-electron chi connectivity index (χ4n) is 3.87. The highest BCUT2D eigenvalue weighted by atomic mass is 16.5. The van der Waals surface area contributed by atoms with E-state index in [4.69, 9.17) is 4.74 Å². The Labute approximate surface area is 179 Å². The highest BCUT2D eigenvalue weighted by molar-refractivity contribution is 5.97. The average molecular weight is 410 g/mol. The summed E-state index contributed by atoms with van der Waals surface area (Å²) in [6, 6.07) is 22.4. The topological polar surface area (TPSA) is 64.4 Å². The first-order chi connectivity index (χ1) is 15.2. The Hall–Kier alpha value is -3.77. The van der Waals surface area contributed by atoms with Crippen molar-refractivity contribution >= 4 is 16.9 Å². The molecule has 1 radical (unpaired) electrons. The molecule has 0 aliphatic carbocycles. The van der Waals surface area contributed by atoms with Crippen LogP contribution in [-0.2, 0) is 4.74 Å². The van der Waals surface area contributed by atoms with Gasteiger partial charge in [-0.05, 0) is 41.5 Å². The zero-order valence-electron chi connectivity index (χ0n) is 16.8. The van der Waals surface area contributed by atoms with E-state index in [0.717, 1.165) is 16.8 Å². The summed E-state index contributed by atoms with van der Waals surface area (Å²) in [7, 11) is 0. The third-order valence-electron chi connectivity index (χ3n) is 5.47.